The van der Waals surface area contributed by atoms with Crippen LogP contribution in [0.5, 0.6) is 0 Å². The number of fused-ring (bicyclic) bond motifs is 7. The SMILES string of the molecule is C[C@@H]1CC[C@]2(C(=O)O[C@@H]3O[C@H](CO)[C@@H](O)[C@H](O)[C@H]3O)CC[C@]3(C)C(=CCC4[C@@]5(C)CC[C@@H](O)[C@](C)(CO)C5CC[C@]43C)[C@@H]2[C@]1(C)O. The summed E-state index contributed by atoms with van der Waals surface area (Å²) in [4.78, 5) is 14.5. The van der Waals surface area contributed by atoms with E-state index in [-0.39, 0.29) is 34.7 Å². The molecule has 0 spiro atoms. The van der Waals surface area contributed by atoms with Crippen molar-refractivity contribution in [2.75, 3.05) is 13.2 Å². The van der Waals surface area contributed by atoms with Gasteiger partial charge in [-0.15, -0.1) is 0 Å². The Balaban J connectivity index is 1.39. The molecule has 1 saturated heterocycles. The highest BCUT2D eigenvalue weighted by atomic mass is 16.7. The van der Waals surface area contributed by atoms with Crippen molar-refractivity contribution in [3.63, 3.8) is 0 Å². The topological polar surface area (TPSA) is 177 Å². The summed E-state index contributed by atoms with van der Waals surface area (Å²) in [5, 5.41) is 75.0. The molecule has 0 amide bonds. The summed E-state index contributed by atoms with van der Waals surface area (Å²) in [7, 11) is 0. The quantitative estimate of drug-likeness (QED) is 0.177. The summed E-state index contributed by atoms with van der Waals surface area (Å²) < 4.78 is 11.5. The number of allylic oxidation sites excluding steroid dienone is 1. The molecule has 4 saturated carbocycles. The third-order valence-corrected chi connectivity index (χ3v) is 15.7. The number of ether oxygens (including phenoxy) is 2. The van der Waals surface area contributed by atoms with Gasteiger partial charge in [-0.2, -0.15) is 0 Å². The fraction of sp³-hybridized carbons (Fsp3) is 0.917. The first-order chi connectivity index (χ1) is 21.4. The molecule has 10 nitrogen and oxygen atoms in total. The second-order valence-electron chi connectivity index (χ2n) is 17.4. The van der Waals surface area contributed by atoms with E-state index in [2.05, 4.69) is 26.8 Å². The van der Waals surface area contributed by atoms with Crippen LogP contribution in [-0.4, -0.2) is 97.3 Å². The largest absolute Gasteiger partial charge is 0.432 e. The number of carbonyl (C=O) groups is 1. The van der Waals surface area contributed by atoms with Crippen LogP contribution in [0.2, 0.25) is 0 Å². The Labute approximate surface area is 273 Å². The molecule has 6 aliphatic rings. The fourth-order valence-corrected chi connectivity index (χ4v) is 12.3. The molecule has 5 fully saturated rings. The van der Waals surface area contributed by atoms with Gasteiger partial charge in [0, 0.05) is 11.3 Å². The van der Waals surface area contributed by atoms with Crippen LogP contribution in [0.25, 0.3) is 0 Å². The minimum absolute atomic E-state index is 0.0435. The maximum Gasteiger partial charge on any atom is 0.315 e. The van der Waals surface area contributed by atoms with Crippen LogP contribution < -0.4 is 0 Å². The molecule has 10 heteroatoms. The summed E-state index contributed by atoms with van der Waals surface area (Å²) in [5.41, 5.74) is -2.34. The minimum Gasteiger partial charge on any atom is -0.432 e. The molecule has 46 heavy (non-hydrogen) atoms. The van der Waals surface area contributed by atoms with Gasteiger partial charge in [0.25, 0.3) is 0 Å². The number of rotatable bonds is 4. The first-order valence-corrected chi connectivity index (χ1v) is 17.6. The monoisotopic (exact) mass is 650 g/mol. The number of aliphatic hydroxyl groups is 7. The van der Waals surface area contributed by atoms with Gasteiger partial charge in [0.05, 0.1) is 30.3 Å². The molecular formula is C36H58O10. The lowest BCUT2D eigenvalue weighted by Gasteiger charge is -2.72. The van der Waals surface area contributed by atoms with E-state index in [1.165, 1.54) is 0 Å². The first kappa shape index (κ1) is 34.7. The Morgan fingerprint density at radius 1 is 0.891 bits per heavy atom. The lowest BCUT2D eigenvalue weighted by atomic mass is 9.33. The van der Waals surface area contributed by atoms with Crippen molar-refractivity contribution >= 4 is 5.97 Å². The lowest BCUT2D eigenvalue weighted by molar-refractivity contribution is -0.299. The third-order valence-electron chi connectivity index (χ3n) is 15.7. The summed E-state index contributed by atoms with van der Waals surface area (Å²) in [6, 6.07) is 0. The maximum absolute atomic E-state index is 14.5. The third kappa shape index (κ3) is 4.39. The van der Waals surface area contributed by atoms with E-state index in [4.69, 9.17) is 9.47 Å². The zero-order chi connectivity index (χ0) is 33.8. The van der Waals surface area contributed by atoms with E-state index >= 15 is 0 Å². The lowest BCUT2D eigenvalue weighted by Crippen LogP contribution is -2.68. The molecular weight excluding hydrogens is 592 g/mol. The average molecular weight is 651 g/mol. The van der Waals surface area contributed by atoms with E-state index in [0.717, 1.165) is 31.3 Å². The standard InChI is InChI=1S/C36H58O10/c1-19-9-14-36(30(43)46-29-27(42)26(41)25(40)21(17-37)45-29)16-15-33(4)20(28(36)35(19,6)44)7-8-23-31(2)12-11-24(39)32(3,18-38)22(31)10-13-34(23,33)5/h7,19,21-29,37-42,44H,8-18H2,1-6H3/t19-,21-,22?,23?,24-,25-,26+,27-,28-,29+,31+,32-,33-,34-,35-,36+/m1/s1. The normalized spacial score (nSPS) is 56.8. The highest BCUT2D eigenvalue weighted by Crippen LogP contribution is 2.76. The molecule has 2 unspecified atom stereocenters. The van der Waals surface area contributed by atoms with Crippen LogP contribution in [0.3, 0.4) is 0 Å². The van der Waals surface area contributed by atoms with Crippen molar-refractivity contribution in [1.29, 1.82) is 0 Å². The van der Waals surface area contributed by atoms with E-state index in [1.807, 2.05) is 20.8 Å². The zero-order valence-corrected chi connectivity index (χ0v) is 28.5. The molecule has 6 rings (SSSR count). The highest BCUT2D eigenvalue weighted by Gasteiger charge is 2.72. The molecule has 1 heterocycles. The minimum atomic E-state index is -1.70. The number of hydrogen-bond donors (Lipinski definition) is 7. The summed E-state index contributed by atoms with van der Waals surface area (Å²) in [5.74, 6) is -0.749. The molecule has 7 N–H and O–H groups in total. The summed E-state index contributed by atoms with van der Waals surface area (Å²) in [6.45, 7) is 12.3. The smallest absolute Gasteiger partial charge is 0.315 e. The maximum atomic E-state index is 14.5. The van der Waals surface area contributed by atoms with Gasteiger partial charge in [0.15, 0.2) is 0 Å². The molecule has 262 valence electrons. The zero-order valence-electron chi connectivity index (χ0n) is 28.5. The van der Waals surface area contributed by atoms with Crippen LogP contribution in [0.15, 0.2) is 11.6 Å². The van der Waals surface area contributed by atoms with Gasteiger partial charge in [-0.25, -0.2) is 0 Å². The number of esters is 1. The second kappa shape index (κ2) is 11.2. The average Bonchev–Trinajstić information content (AvgIpc) is 3.01. The molecule has 0 radical (unpaired) electrons. The van der Waals surface area contributed by atoms with Crippen LogP contribution in [0, 0.1) is 50.7 Å². The molecule has 0 aromatic heterocycles. The molecule has 1 aliphatic heterocycles. The van der Waals surface area contributed by atoms with E-state index in [9.17, 15) is 40.5 Å². The second-order valence-corrected chi connectivity index (χ2v) is 17.4. The Hall–Kier alpha value is -1.11. The molecule has 5 aliphatic carbocycles. The Kier molecular flexibility index (Phi) is 8.46. The molecule has 16 atom stereocenters. The van der Waals surface area contributed by atoms with Gasteiger partial charge >= 0.3 is 5.97 Å². The van der Waals surface area contributed by atoms with Crippen LogP contribution in [0.4, 0.5) is 0 Å². The van der Waals surface area contributed by atoms with Crippen molar-refractivity contribution in [2.45, 2.75) is 142 Å². The van der Waals surface area contributed by atoms with Gasteiger partial charge < -0.3 is 45.2 Å². The van der Waals surface area contributed by atoms with E-state index in [0.29, 0.717) is 38.0 Å². The van der Waals surface area contributed by atoms with Crippen LogP contribution in [-0.2, 0) is 14.3 Å². The van der Waals surface area contributed by atoms with Gasteiger partial charge in [-0.1, -0.05) is 46.3 Å². The predicted molar refractivity (Wildman–Crippen MR) is 168 cm³/mol. The fourth-order valence-electron chi connectivity index (χ4n) is 12.3. The molecule has 0 aromatic rings. The van der Waals surface area contributed by atoms with Gasteiger partial charge in [0.1, 0.15) is 24.4 Å². The van der Waals surface area contributed by atoms with Crippen molar-refractivity contribution in [3.8, 4) is 0 Å². The van der Waals surface area contributed by atoms with Gasteiger partial charge in [0.2, 0.25) is 6.29 Å². The van der Waals surface area contributed by atoms with Gasteiger partial charge in [-0.3, -0.25) is 4.79 Å². The Morgan fingerprint density at radius 2 is 1.59 bits per heavy atom. The number of hydrogen-bond acceptors (Lipinski definition) is 10. The number of aliphatic hydroxyl groups excluding tert-OH is 6. The summed E-state index contributed by atoms with van der Waals surface area (Å²) >= 11 is 0. The van der Waals surface area contributed by atoms with Crippen molar-refractivity contribution in [1.82, 2.24) is 0 Å². The van der Waals surface area contributed by atoms with Crippen molar-refractivity contribution in [3.05, 3.63) is 11.6 Å². The number of carbonyl (C=O) groups excluding carboxylic acids is 1. The van der Waals surface area contributed by atoms with E-state index < -0.39 is 71.7 Å². The van der Waals surface area contributed by atoms with Crippen molar-refractivity contribution in [2.24, 2.45) is 50.7 Å². The first-order valence-electron chi connectivity index (χ1n) is 17.6. The van der Waals surface area contributed by atoms with Crippen LogP contribution >= 0.6 is 0 Å². The predicted octanol–water partition coefficient (Wildman–Crippen LogP) is 2.44. The molecule has 0 bridgehead atoms. The van der Waals surface area contributed by atoms with Crippen LogP contribution in [0.1, 0.15) is 99.3 Å². The molecule has 0 aromatic carbocycles. The highest BCUT2D eigenvalue weighted by molar-refractivity contribution is 5.79. The summed E-state index contributed by atoms with van der Waals surface area (Å²) in [6.07, 6.45) is 0.492. The Bertz CT molecular complexity index is 1240. The van der Waals surface area contributed by atoms with Gasteiger partial charge in [-0.05, 0) is 98.7 Å². The van der Waals surface area contributed by atoms with Crippen molar-refractivity contribution < 1.29 is 50.0 Å². The Morgan fingerprint density at radius 3 is 2.24 bits per heavy atom. The van der Waals surface area contributed by atoms with E-state index in [1.54, 1.807) is 0 Å².